The number of aromatic nitrogens is 1. The predicted octanol–water partition coefficient (Wildman–Crippen LogP) is 3.66. The molecule has 3 rings (SSSR count). The van der Waals surface area contributed by atoms with Crippen LogP contribution >= 0.6 is 0 Å². The van der Waals surface area contributed by atoms with Crippen LogP contribution in [0.2, 0.25) is 0 Å². The van der Waals surface area contributed by atoms with Gasteiger partial charge in [0.25, 0.3) is 0 Å². The number of para-hydroxylation sites is 2. The zero-order valence-corrected chi connectivity index (χ0v) is 14.3. The zero-order valence-electron chi connectivity index (χ0n) is 14.3. The van der Waals surface area contributed by atoms with Crippen LogP contribution in [0.15, 0.2) is 59.0 Å². The van der Waals surface area contributed by atoms with E-state index in [1.54, 1.807) is 37.4 Å². The molecule has 6 heteroatoms. The Morgan fingerprint density at radius 3 is 2.54 bits per heavy atom. The molecule has 0 aliphatic carbocycles. The Kier molecular flexibility index (Phi) is 5.12. The Bertz CT molecular complexity index is 923. The Hall–Kier alpha value is -3.41. The van der Waals surface area contributed by atoms with Crippen molar-refractivity contribution in [1.29, 1.82) is 0 Å². The monoisotopic (exact) mass is 351 g/mol. The van der Waals surface area contributed by atoms with E-state index >= 15 is 0 Å². The molecule has 0 spiro atoms. The summed E-state index contributed by atoms with van der Waals surface area (Å²) in [5, 5.41) is 0. The van der Waals surface area contributed by atoms with E-state index in [1.807, 2.05) is 18.2 Å². The fourth-order valence-electron chi connectivity index (χ4n) is 2.36. The van der Waals surface area contributed by atoms with Crippen molar-refractivity contribution in [2.24, 2.45) is 0 Å². The van der Waals surface area contributed by atoms with Crippen LogP contribution in [-0.2, 0) is 9.53 Å². The largest absolute Gasteiger partial charge is 0.497 e. The van der Waals surface area contributed by atoms with Gasteiger partial charge in [0.2, 0.25) is 11.7 Å². The lowest BCUT2D eigenvalue weighted by Gasteiger charge is -2.11. The van der Waals surface area contributed by atoms with Crippen molar-refractivity contribution < 1.29 is 23.5 Å². The first-order chi connectivity index (χ1) is 12.6. The third-order valence-corrected chi connectivity index (χ3v) is 3.71. The minimum atomic E-state index is -0.913. The average Bonchev–Trinajstić information content (AvgIpc) is 3.09. The molecule has 0 fully saturated rings. The van der Waals surface area contributed by atoms with Crippen LogP contribution in [0, 0.1) is 0 Å². The van der Waals surface area contributed by atoms with Crippen molar-refractivity contribution in [3.05, 3.63) is 66.1 Å². The predicted molar refractivity (Wildman–Crippen MR) is 95.9 cm³/mol. The lowest BCUT2D eigenvalue weighted by molar-refractivity contribution is -0.140. The maximum absolute atomic E-state index is 12.3. The normalized spacial score (nSPS) is 12.2. The van der Waals surface area contributed by atoms with Crippen LogP contribution in [0.4, 0.5) is 0 Å². The molecule has 0 bridgehead atoms. The number of nitrogens with zero attached hydrogens (tertiary/aromatic N) is 1. The van der Waals surface area contributed by atoms with Gasteiger partial charge in [-0.15, -0.1) is 0 Å². The van der Waals surface area contributed by atoms with E-state index in [4.69, 9.17) is 13.9 Å². The summed E-state index contributed by atoms with van der Waals surface area (Å²) in [6.45, 7) is 1.53. The summed E-state index contributed by atoms with van der Waals surface area (Å²) < 4.78 is 15.7. The average molecular weight is 351 g/mol. The minimum absolute atomic E-state index is 0.289. The van der Waals surface area contributed by atoms with Crippen molar-refractivity contribution >= 4 is 28.9 Å². The minimum Gasteiger partial charge on any atom is -0.497 e. The van der Waals surface area contributed by atoms with Gasteiger partial charge in [-0.05, 0) is 43.3 Å². The van der Waals surface area contributed by atoms with Crippen molar-refractivity contribution in [1.82, 2.24) is 4.98 Å². The van der Waals surface area contributed by atoms with Gasteiger partial charge in [0, 0.05) is 17.7 Å². The van der Waals surface area contributed by atoms with Gasteiger partial charge in [-0.3, -0.25) is 4.79 Å². The molecule has 0 N–H and O–H groups in total. The number of carbonyl (C=O) groups excluding carboxylic acids is 2. The number of esters is 1. The molecule has 0 saturated carbocycles. The van der Waals surface area contributed by atoms with Crippen LogP contribution in [0.3, 0.4) is 0 Å². The number of methoxy groups -OCH3 is 1. The number of benzene rings is 2. The van der Waals surface area contributed by atoms with Gasteiger partial charge in [-0.25, -0.2) is 9.78 Å². The number of hydrogen-bond acceptors (Lipinski definition) is 6. The molecule has 6 nitrogen and oxygen atoms in total. The molecule has 1 heterocycles. The Morgan fingerprint density at radius 1 is 1.12 bits per heavy atom. The lowest BCUT2D eigenvalue weighted by Crippen LogP contribution is -2.23. The number of hydrogen-bond donors (Lipinski definition) is 0. The Morgan fingerprint density at radius 2 is 1.85 bits per heavy atom. The number of oxazole rings is 1. The molecule has 0 saturated heterocycles. The summed E-state index contributed by atoms with van der Waals surface area (Å²) in [4.78, 5) is 28.4. The first kappa shape index (κ1) is 17.4. The molecule has 132 valence electrons. The van der Waals surface area contributed by atoms with Crippen LogP contribution in [0.5, 0.6) is 5.75 Å². The summed E-state index contributed by atoms with van der Waals surface area (Å²) in [5.41, 5.74) is 1.76. The SMILES string of the molecule is COc1ccc(C(=O)[C@H](C)OC(=O)/C=C/c2nc3ccccc3o2)cc1. The lowest BCUT2D eigenvalue weighted by atomic mass is 10.1. The Balaban J connectivity index is 1.61. The van der Waals surface area contributed by atoms with Gasteiger partial charge in [-0.1, -0.05) is 12.1 Å². The Labute approximate surface area is 150 Å². The summed E-state index contributed by atoms with van der Waals surface area (Å²) >= 11 is 0. The summed E-state index contributed by atoms with van der Waals surface area (Å²) in [5.74, 6) is -0.0115. The topological polar surface area (TPSA) is 78.6 Å². The molecule has 0 radical (unpaired) electrons. The van der Waals surface area contributed by atoms with E-state index in [-0.39, 0.29) is 11.7 Å². The third-order valence-electron chi connectivity index (χ3n) is 3.71. The van der Waals surface area contributed by atoms with E-state index in [9.17, 15) is 9.59 Å². The molecule has 1 aromatic heterocycles. The fourth-order valence-corrected chi connectivity index (χ4v) is 2.36. The van der Waals surface area contributed by atoms with Gasteiger partial charge in [0.15, 0.2) is 11.7 Å². The van der Waals surface area contributed by atoms with Gasteiger partial charge < -0.3 is 13.9 Å². The van der Waals surface area contributed by atoms with Gasteiger partial charge in [0.05, 0.1) is 7.11 Å². The second-order valence-corrected chi connectivity index (χ2v) is 5.53. The fraction of sp³-hybridized carbons (Fsp3) is 0.150. The van der Waals surface area contributed by atoms with Crippen LogP contribution in [0.1, 0.15) is 23.2 Å². The second kappa shape index (κ2) is 7.65. The van der Waals surface area contributed by atoms with Crippen molar-refractivity contribution in [3.8, 4) is 5.75 Å². The maximum atomic E-state index is 12.3. The maximum Gasteiger partial charge on any atom is 0.331 e. The van der Waals surface area contributed by atoms with E-state index < -0.39 is 12.1 Å². The molecular weight excluding hydrogens is 334 g/mol. The molecule has 0 amide bonds. The van der Waals surface area contributed by atoms with Gasteiger partial charge >= 0.3 is 5.97 Å². The van der Waals surface area contributed by atoms with Gasteiger partial charge in [-0.2, -0.15) is 0 Å². The summed E-state index contributed by atoms with van der Waals surface area (Å²) in [7, 11) is 1.55. The van der Waals surface area contributed by atoms with Crippen molar-refractivity contribution in [2.45, 2.75) is 13.0 Å². The van der Waals surface area contributed by atoms with Crippen LogP contribution < -0.4 is 4.74 Å². The first-order valence-corrected chi connectivity index (χ1v) is 7.99. The van der Waals surface area contributed by atoms with Crippen LogP contribution in [-0.4, -0.2) is 30.0 Å². The van der Waals surface area contributed by atoms with E-state index in [2.05, 4.69) is 4.98 Å². The number of carbonyl (C=O) groups is 2. The molecule has 0 unspecified atom stereocenters. The molecule has 1 atom stereocenters. The quantitative estimate of drug-likeness (QED) is 0.383. The number of Topliss-reactive ketones (excluding diaryl/α,β-unsaturated/α-hetero) is 1. The van der Waals surface area contributed by atoms with Crippen molar-refractivity contribution in [3.63, 3.8) is 0 Å². The van der Waals surface area contributed by atoms with E-state index in [0.717, 1.165) is 0 Å². The van der Waals surface area contributed by atoms with Crippen molar-refractivity contribution in [2.75, 3.05) is 7.11 Å². The number of fused-ring (bicyclic) bond motifs is 1. The summed E-state index contributed by atoms with van der Waals surface area (Å²) in [6.07, 6.45) is 1.68. The van der Waals surface area contributed by atoms with Gasteiger partial charge in [0.1, 0.15) is 11.3 Å². The molecular formula is C20H17NO5. The smallest absolute Gasteiger partial charge is 0.331 e. The van der Waals surface area contributed by atoms with Crippen LogP contribution in [0.25, 0.3) is 17.2 Å². The molecule has 26 heavy (non-hydrogen) atoms. The standard InChI is InChI=1S/C20H17NO5/c1-13(20(23)14-7-9-15(24-2)10-8-14)25-19(22)12-11-18-21-16-5-3-4-6-17(16)26-18/h3-13H,1-2H3/b12-11+/t13-/m0/s1. The first-order valence-electron chi connectivity index (χ1n) is 7.99. The van der Waals surface area contributed by atoms with E-state index in [1.165, 1.54) is 19.1 Å². The molecule has 2 aromatic carbocycles. The highest BCUT2D eigenvalue weighted by atomic mass is 16.5. The third kappa shape index (κ3) is 3.97. The summed E-state index contributed by atoms with van der Waals surface area (Å²) in [6, 6.07) is 13.9. The number of ether oxygens (including phenoxy) is 2. The van der Waals surface area contributed by atoms with E-state index in [0.29, 0.717) is 22.4 Å². The highest BCUT2D eigenvalue weighted by Crippen LogP contribution is 2.16. The number of ketones is 1. The molecule has 3 aromatic rings. The molecule has 0 aliphatic heterocycles. The second-order valence-electron chi connectivity index (χ2n) is 5.53. The highest BCUT2D eigenvalue weighted by Gasteiger charge is 2.18. The zero-order chi connectivity index (χ0) is 18.5. The number of rotatable bonds is 6. The molecule has 0 aliphatic rings. The highest BCUT2D eigenvalue weighted by molar-refractivity contribution is 6.01.